The third-order valence-corrected chi connectivity index (χ3v) is 4.73. The van der Waals surface area contributed by atoms with Gasteiger partial charge in [-0.3, -0.25) is 19.3 Å². The second-order valence-corrected chi connectivity index (χ2v) is 6.45. The minimum Gasteiger partial charge on any atom is -0.454 e. The second kappa shape index (κ2) is 7.63. The van der Waals surface area contributed by atoms with Gasteiger partial charge in [-0.2, -0.15) is 0 Å². The van der Waals surface area contributed by atoms with Crippen LogP contribution in [-0.4, -0.2) is 54.0 Å². The number of urea groups is 1. The SMILES string of the molecule is CCCNC(=O)COC(=O)CN1C(=O)N[C@@]2(CCCC[C@H]2C)C1=O. The maximum atomic E-state index is 12.7. The standard InChI is InChI=1S/C16H25N3O5/c1-3-8-17-12(20)10-24-13(21)9-19-14(22)16(18-15(19)23)7-5-4-6-11(16)2/h11H,3-10H2,1-2H3,(H,17,20)(H,18,23)/t11-,16-/m1/s1. The third-order valence-electron chi connectivity index (χ3n) is 4.73. The topological polar surface area (TPSA) is 105 Å². The minimum atomic E-state index is -0.895. The summed E-state index contributed by atoms with van der Waals surface area (Å²) in [5.74, 6) is -1.51. The summed E-state index contributed by atoms with van der Waals surface area (Å²) in [6, 6.07) is -0.568. The Balaban J connectivity index is 1.90. The largest absolute Gasteiger partial charge is 0.454 e. The van der Waals surface area contributed by atoms with Crippen molar-refractivity contribution in [3.05, 3.63) is 0 Å². The maximum absolute atomic E-state index is 12.7. The van der Waals surface area contributed by atoms with E-state index < -0.39 is 36.6 Å². The molecule has 1 aliphatic heterocycles. The summed E-state index contributed by atoms with van der Waals surface area (Å²) in [6.45, 7) is 3.47. The van der Waals surface area contributed by atoms with Crippen molar-refractivity contribution in [2.75, 3.05) is 19.7 Å². The van der Waals surface area contributed by atoms with Crippen molar-refractivity contribution in [1.29, 1.82) is 0 Å². The zero-order chi connectivity index (χ0) is 17.7. The van der Waals surface area contributed by atoms with Gasteiger partial charge in [0.05, 0.1) is 0 Å². The first-order valence-corrected chi connectivity index (χ1v) is 8.47. The van der Waals surface area contributed by atoms with E-state index in [4.69, 9.17) is 4.74 Å². The summed E-state index contributed by atoms with van der Waals surface area (Å²) in [5, 5.41) is 5.34. The van der Waals surface area contributed by atoms with Crippen LogP contribution in [0.15, 0.2) is 0 Å². The van der Waals surface area contributed by atoms with Gasteiger partial charge in [-0.05, 0) is 25.2 Å². The highest BCUT2D eigenvalue weighted by Gasteiger charge is 2.55. The lowest BCUT2D eigenvalue weighted by Gasteiger charge is -2.36. The molecule has 1 spiro atoms. The van der Waals surface area contributed by atoms with Crippen LogP contribution in [0.4, 0.5) is 4.79 Å². The van der Waals surface area contributed by atoms with Gasteiger partial charge in [-0.1, -0.05) is 26.7 Å². The van der Waals surface area contributed by atoms with E-state index in [1.165, 1.54) is 0 Å². The molecule has 0 aromatic carbocycles. The molecule has 0 radical (unpaired) electrons. The molecule has 2 atom stereocenters. The van der Waals surface area contributed by atoms with E-state index in [-0.39, 0.29) is 11.8 Å². The van der Waals surface area contributed by atoms with Crippen molar-refractivity contribution in [3.8, 4) is 0 Å². The maximum Gasteiger partial charge on any atom is 0.326 e. The smallest absolute Gasteiger partial charge is 0.326 e. The fourth-order valence-electron chi connectivity index (χ4n) is 3.28. The monoisotopic (exact) mass is 339 g/mol. The van der Waals surface area contributed by atoms with Crippen LogP contribution in [0.25, 0.3) is 0 Å². The molecule has 0 bridgehead atoms. The zero-order valence-electron chi connectivity index (χ0n) is 14.2. The molecule has 2 fully saturated rings. The number of carbonyl (C=O) groups excluding carboxylic acids is 4. The van der Waals surface area contributed by atoms with Crippen LogP contribution in [0.5, 0.6) is 0 Å². The number of ether oxygens (including phenoxy) is 1. The molecule has 8 nitrogen and oxygen atoms in total. The number of hydrogen-bond acceptors (Lipinski definition) is 5. The first-order chi connectivity index (χ1) is 11.4. The molecule has 2 aliphatic rings. The summed E-state index contributed by atoms with van der Waals surface area (Å²) in [6.07, 6.45) is 4.13. The van der Waals surface area contributed by atoms with E-state index in [1.807, 2.05) is 13.8 Å². The lowest BCUT2D eigenvalue weighted by atomic mass is 9.73. The molecule has 2 N–H and O–H groups in total. The third kappa shape index (κ3) is 3.68. The highest BCUT2D eigenvalue weighted by atomic mass is 16.5. The van der Waals surface area contributed by atoms with Crippen LogP contribution in [0.1, 0.15) is 46.0 Å². The normalized spacial score (nSPS) is 26.4. The highest BCUT2D eigenvalue weighted by molar-refractivity contribution is 6.09. The van der Waals surface area contributed by atoms with Crippen LogP contribution >= 0.6 is 0 Å². The Morgan fingerprint density at radius 3 is 2.79 bits per heavy atom. The molecule has 134 valence electrons. The molecule has 1 aliphatic carbocycles. The highest BCUT2D eigenvalue weighted by Crippen LogP contribution is 2.38. The van der Waals surface area contributed by atoms with E-state index in [2.05, 4.69) is 10.6 Å². The van der Waals surface area contributed by atoms with Crippen molar-refractivity contribution in [3.63, 3.8) is 0 Å². The number of hydrogen-bond donors (Lipinski definition) is 2. The Hall–Kier alpha value is -2.12. The molecule has 2 rings (SSSR count). The average Bonchev–Trinajstić information content (AvgIpc) is 2.79. The zero-order valence-corrected chi connectivity index (χ0v) is 14.2. The van der Waals surface area contributed by atoms with E-state index in [0.29, 0.717) is 13.0 Å². The van der Waals surface area contributed by atoms with Crippen molar-refractivity contribution in [2.24, 2.45) is 5.92 Å². The van der Waals surface area contributed by atoms with Crippen LogP contribution < -0.4 is 10.6 Å². The van der Waals surface area contributed by atoms with Crippen LogP contribution in [0.2, 0.25) is 0 Å². The number of rotatable bonds is 6. The minimum absolute atomic E-state index is 0.0311. The first-order valence-electron chi connectivity index (χ1n) is 8.47. The Kier molecular flexibility index (Phi) is 5.80. The van der Waals surface area contributed by atoms with Gasteiger partial charge in [-0.25, -0.2) is 4.79 Å². The summed E-state index contributed by atoms with van der Waals surface area (Å²) in [7, 11) is 0. The van der Waals surface area contributed by atoms with Crippen LogP contribution in [-0.2, 0) is 19.1 Å². The Bertz CT molecular complexity index is 536. The molecule has 1 heterocycles. The number of nitrogens with zero attached hydrogens (tertiary/aromatic N) is 1. The summed E-state index contributed by atoms with van der Waals surface area (Å²) >= 11 is 0. The van der Waals surface area contributed by atoms with Gasteiger partial charge in [-0.15, -0.1) is 0 Å². The summed E-state index contributed by atoms with van der Waals surface area (Å²) in [4.78, 5) is 49.0. The quantitative estimate of drug-likeness (QED) is 0.543. The molecule has 8 heteroatoms. The van der Waals surface area contributed by atoms with Crippen LogP contribution in [0, 0.1) is 5.92 Å². The molecular formula is C16H25N3O5. The lowest BCUT2D eigenvalue weighted by Crippen LogP contribution is -2.54. The van der Waals surface area contributed by atoms with Crippen molar-refractivity contribution in [2.45, 2.75) is 51.5 Å². The van der Waals surface area contributed by atoms with Gasteiger partial charge in [0.1, 0.15) is 12.1 Å². The number of esters is 1. The van der Waals surface area contributed by atoms with E-state index in [0.717, 1.165) is 30.6 Å². The fraction of sp³-hybridized carbons (Fsp3) is 0.750. The molecular weight excluding hydrogens is 314 g/mol. The van der Waals surface area contributed by atoms with Gasteiger partial charge in [0, 0.05) is 6.54 Å². The van der Waals surface area contributed by atoms with Gasteiger partial charge >= 0.3 is 12.0 Å². The Morgan fingerprint density at radius 1 is 1.38 bits per heavy atom. The number of carbonyl (C=O) groups is 4. The molecule has 24 heavy (non-hydrogen) atoms. The fourth-order valence-corrected chi connectivity index (χ4v) is 3.28. The molecule has 0 aromatic heterocycles. The van der Waals surface area contributed by atoms with Crippen LogP contribution in [0.3, 0.4) is 0 Å². The van der Waals surface area contributed by atoms with Crippen molar-refractivity contribution < 1.29 is 23.9 Å². The van der Waals surface area contributed by atoms with Gasteiger partial charge in [0.15, 0.2) is 6.61 Å². The average molecular weight is 339 g/mol. The summed E-state index contributed by atoms with van der Waals surface area (Å²) < 4.78 is 4.84. The van der Waals surface area contributed by atoms with Gasteiger partial charge in [0.2, 0.25) is 0 Å². The molecule has 1 saturated carbocycles. The van der Waals surface area contributed by atoms with E-state index in [1.54, 1.807) is 0 Å². The van der Waals surface area contributed by atoms with Gasteiger partial charge < -0.3 is 15.4 Å². The molecule has 0 aromatic rings. The first kappa shape index (κ1) is 18.2. The molecule has 4 amide bonds. The van der Waals surface area contributed by atoms with Gasteiger partial charge in [0.25, 0.3) is 11.8 Å². The second-order valence-electron chi connectivity index (χ2n) is 6.45. The predicted molar refractivity (Wildman–Crippen MR) is 84.9 cm³/mol. The number of imide groups is 1. The van der Waals surface area contributed by atoms with Crippen molar-refractivity contribution >= 4 is 23.8 Å². The van der Waals surface area contributed by atoms with Crippen molar-refractivity contribution in [1.82, 2.24) is 15.5 Å². The van der Waals surface area contributed by atoms with E-state index in [9.17, 15) is 19.2 Å². The van der Waals surface area contributed by atoms with E-state index >= 15 is 0 Å². The predicted octanol–water partition coefficient (Wildman–Crippen LogP) is 0.557. The Labute approximate surface area is 141 Å². The molecule has 1 saturated heterocycles. The summed E-state index contributed by atoms with van der Waals surface area (Å²) in [5.41, 5.74) is -0.895. The Morgan fingerprint density at radius 2 is 2.12 bits per heavy atom. The number of amides is 4. The molecule has 0 unspecified atom stereocenters. The number of nitrogens with one attached hydrogen (secondary N) is 2. The lowest BCUT2D eigenvalue weighted by molar-refractivity contribution is -0.151.